The zero-order valence-corrected chi connectivity index (χ0v) is 15.7. The summed E-state index contributed by atoms with van der Waals surface area (Å²) in [5.41, 5.74) is 2.24. The van der Waals surface area contributed by atoms with E-state index in [1.165, 1.54) is 6.07 Å². The van der Waals surface area contributed by atoms with Crippen molar-refractivity contribution in [2.75, 3.05) is 6.54 Å². The summed E-state index contributed by atoms with van der Waals surface area (Å²) in [6.07, 6.45) is 9.84. The van der Waals surface area contributed by atoms with E-state index in [0.29, 0.717) is 18.5 Å². The van der Waals surface area contributed by atoms with E-state index in [9.17, 15) is 9.18 Å². The number of aromatic amines is 1. The van der Waals surface area contributed by atoms with Crippen LogP contribution in [0.1, 0.15) is 36.8 Å². The molecule has 1 saturated carbocycles. The Morgan fingerprint density at radius 3 is 2.89 bits per heavy atom. The number of hydrogen-bond donors (Lipinski definition) is 2. The van der Waals surface area contributed by atoms with Crippen LogP contribution in [0.15, 0.2) is 42.9 Å². The van der Waals surface area contributed by atoms with Crippen LogP contribution in [0, 0.1) is 5.82 Å². The third kappa shape index (κ3) is 3.32. The van der Waals surface area contributed by atoms with Crippen molar-refractivity contribution in [1.82, 2.24) is 15.3 Å². The Balaban J connectivity index is 1.47. The fourth-order valence-corrected chi connectivity index (χ4v) is 4.30. The van der Waals surface area contributed by atoms with Crippen molar-refractivity contribution in [2.45, 2.75) is 37.5 Å². The molecule has 0 unspecified atom stereocenters. The molecule has 1 aliphatic carbocycles. The molecule has 4 rings (SSSR count). The van der Waals surface area contributed by atoms with Crippen LogP contribution in [0.5, 0.6) is 0 Å². The van der Waals surface area contributed by atoms with Gasteiger partial charge in [-0.2, -0.15) is 0 Å². The first kappa shape index (κ1) is 18.0. The van der Waals surface area contributed by atoms with Gasteiger partial charge in [0, 0.05) is 36.0 Å². The summed E-state index contributed by atoms with van der Waals surface area (Å²) in [5.74, 6) is -0.373. The van der Waals surface area contributed by atoms with Crippen LogP contribution in [0.25, 0.3) is 10.9 Å². The molecule has 0 spiro atoms. The standard InChI is InChI=1S/C21H21ClFN3O/c22-17-10-16-14(12-26-19(16)11-18(17)23)5-9-25-20(27)21(6-1-2-7-21)15-4-3-8-24-13-15/h3-4,8,10-13,26H,1-2,5-7,9H2,(H,25,27). The predicted molar refractivity (Wildman–Crippen MR) is 104 cm³/mol. The van der Waals surface area contributed by atoms with Crippen molar-refractivity contribution < 1.29 is 9.18 Å². The summed E-state index contributed by atoms with van der Waals surface area (Å²) in [6, 6.07) is 6.91. The van der Waals surface area contributed by atoms with E-state index in [2.05, 4.69) is 15.3 Å². The van der Waals surface area contributed by atoms with Crippen molar-refractivity contribution in [3.63, 3.8) is 0 Å². The lowest BCUT2D eigenvalue weighted by atomic mass is 9.78. The molecule has 0 aliphatic heterocycles. The number of aromatic nitrogens is 2. The molecule has 2 N–H and O–H groups in total. The number of carbonyl (C=O) groups excluding carboxylic acids is 1. The molecule has 0 bridgehead atoms. The van der Waals surface area contributed by atoms with Gasteiger partial charge in [0.25, 0.3) is 0 Å². The van der Waals surface area contributed by atoms with E-state index in [0.717, 1.165) is 42.2 Å². The summed E-state index contributed by atoms with van der Waals surface area (Å²) in [7, 11) is 0. The van der Waals surface area contributed by atoms with E-state index in [-0.39, 0.29) is 10.9 Å². The molecule has 2 aromatic heterocycles. The normalized spacial score (nSPS) is 15.9. The van der Waals surface area contributed by atoms with Crippen molar-refractivity contribution in [1.29, 1.82) is 0 Å². The zero-order chi connectivity index (χ0) is 18.9. The van der Waals surface area contributed by atoms with Crippen LogP contribution in [0.3, 0.4) is 0 Å². The van der Waals surface area contributed by atoms with Crippen LogP contribution < -0.4 is 5.32 Å². The van der Waals surface area contributed by atoms with Gasteiger partial charge in [-0.3, -0.25) is 9.78 Å². The van der Waals surface area contributed by atoms with Gasteiger partial charge < -0.3 is 10.3 Å². The Morgan fingerprint density at radius 2 is 2.15 bits per heavy atom. The van der Waals surface area contributed by atoms with Gasteiger partial charge in [0.15, 0.2) is 0 Å². The van der Waals surface area contributed by atoms with Crippen molar-refractivity contribution >= 4 is 28.4 Å². The van der Waals surface area contributed by atoms with Gasteiger partial charge in [0.2, 0.25) is 5.91 Å². The van der Waals surface area contributed by atoms with Gasteiger partial charge in [0.05, 0.1) is 10.4 Å². The SMILES string of the molecule is O=C(NCCc1c[nH]c2cc(F)c(Cl)cc12)C1(c2cccnc2)CCCC1. The number of hydrogen-bond acceptors (Lipinski definition) is 2. The van der Waals surface area contributed by atoms with Gasteiger partial charge in [0.1, 0.15) is 5.82 Å². The number of nitrogens with zero attached hydrogens (tertiary/aromatic N) is 1. The summed E-state index contributed by atoms with van der Waals surface area (Å²) in [6.45, 7) is 0.517. The molecule has 3 aromatic rings. The second-order valence-electron chi connectivity index (χ2n) is 7.16. The molecule has 0 radical (unpaired) electrons. The molecule has 0 saturated heterocycles. The molecular formula is C21H21ClFN3O. The maximum absolute atomic E-state index is 13.6. The van der Waals surface area contributed by atoms with E-state index >= 15 is 0 Å². The molecule has 1 aromatic carbocycles. The van der Waals surface area contributed by atoms with Crippen molar-refractivity contribution in [3.8, 4) is 0 Å². The third-order valence-corrected chi connectivity index (χ3v) is 5.88. The lowest BCUT2D eigenvalue weighted by Gasteiger charge is -2.28. The van der Waals surface area contributed by atoms with Crippen molar-refractivity contribution in [2.24, 2.45) is 0 Å². The molecule has 1 amide bonds. The molecule has 140 valence electrons. The third-order valence-electron chi connectivity index (χ3n) is 5.59. The summed E-state index contributed by atoms with van der Waals surface area (Å²) in [5, 5.41) is 4.10. The smallest absolute Gasteiger partial charge is 0.230 e. The van der Waals surface area contributed by atoms with Gasteiger partial charge in [-0.1, -0.05) is 30.5 Å². The van der Waals surface area contributed by atoms with E-state index < -0.39 is 11.2 Å². The van der Waals surface area contributed by atoms with Gasteiger partial charge in [-0.25, -0.2) is 4.39 Å². The molecule has 6 heteroatoms. The highest BCUT2D eigenvalue weighted by Crippen LogP contribution is 2.41. The van der Waals surface area contributed by atoms with Crippen LogP contribution in [-0.4, -0.2) is 22.4 Å². The highest BCUT2D eigenvalue weighted by atomic mass is 35.5. The Bertz CT molecular complexity index is 964. The van der Waals surface area contributed by atoms with Gasteiger partial charge >= 0.3 is 0 Å². The topological polar surface area (TPSA) is 57.8 Å². The highest BCUT2D eigenvalue weighted by molar-refractivity contribution is 6.31. The number of fused-ring (bicyclic) bond motifs is 1. The summed E-state index contributed by atoms with van der Waals surface area (Å²) < 4.78 is 13.6. The minimum absolute atomic E-state index is 0.0666. The average Bonchev–Trinajstić information content (AvgIpc) is 3.32. The van der Waals surface area contributed by atoms with Crippen LogP contribution in [0.2, 0.25) is 5.02 Å². The van der Waals surface area contributed by atoms with Crippen LogP contribution in [-0.2, 0) is 16.6 Å². The number of H-pyrrole nitrogens is 1. The lowest BCUT2D eigenvalue weighted by molar-refractivity contribution is -0.126. The van der Waals surface area contributed by atoms with E-state index in [1.54, 1.807) is 18.5 Å². The first-order valence-corrected chi connectivity index (χ1v) is 9.62. The molecule has 27 heavy (non-hydrogen) atoms. The van der Waals surface area contributed by atoms with E-state index in [1.807, 2.05) is 18.3 Å². The quantitative estimate of drug-likeness (QED) is 0.678. The monoisotopic (exact) mass is 385 g/mol. The molecule has 2 heterocycles. The average molecular weight is 386 g/mol. The second-order valence-corrected chi connectivity index (χ2v) is 7.57. The molecule has 1 fully saturated rings. The number of nitrogens with one attached hydrogen (secondary N) is 2. The molecule has 0 atom stereocenters. The number of benzene rings is 1. The van der Waals surface area contributed by atoms with Crippen molar-refractivity contribution in [3.05, 3.63) is 64.8 Å². The summed E-state index contributed by atoms with van der Waals surface area (Å²) >= 11 is 5.91. The molecular weight excluding hydrogens is 365 g/mol. The molecule has 4 nitrogen and oxygen atoms in total. The zero-order valence-electron chi connectivity index (χ0n) is 14.9. The first-order chi connectivity index (χ1) is 13.1. The number of pyridine rings is 1. The Kier molecular flexibility index (Phi) is 4.87. The largest absolute Gasteiger partial charge is 0.361 e. The minimum atomic E-state index is -0.471. The van der Waals surface area contributed by atoms with Gasteiger partial charge in [-0.15, -0.1) is 0 Å². The van der Waals surface area contributed by atoms with Crippen LogP contribution in [0.4, 0.5) is 4.39 Å². The number of carbonyl (C=O) groups is 1. The molecule has 1 aliphatic rings. The first-order valence-electron chi connectivity index (χ1n) is 9.24. The fourth-order valence-electron chi connectivity index (χ4n) is 4.13. The fraction of sp³-hybridized carbons (Fsp3) is 0.333. The maximum Gasteiger partial charge on any atom is 0.230 e. The minimum Gasteiger partial charge on any atom is -0.361 e. The predicted octanol–water partition coefficient (Wildman–Crippen LogP) is 4.53. The lowest BCUT2D eigenvalue weighted by Crippen LogP contribution is -2.43. The maximum atomic E-state index is 13.6. The second kappa shape index (κ2) is 7.31. The summed E-state index contributed by atoms with van der Waals surface area (Å²) in [4.78, 5) is 20.3. The Morgan fingerprint density at radius 1 is 1.33 bits per heavy atom. The van der Waals surface area contributed by atoms with Crippen LogP contribution >= 0.6 is 11.6 Å². The highest BCUT2D eigenvalue weighted by Gasteiger charge is 2.42. The number of amides is 1. The van der Waals surface area contributed by atoms with E-state index in [4.69, 9.17) is 11.6 Å². The van der Waals surface area contributed by atoms with Gasteiger partial charge in [-0.05, 0) is 48.6 Å². The number of rotatable bonds is 5. The number of halogens is 2. The Labute approximate surface area is 162 Å². The Hall–Kier alpha value is -2.40.